The van der Waals surface area contributed by atoms with Crippen LogP contribution in [-0.4, -0.2) is 67.1 Å². The number of likely N-dealkylation sites (N-methyl/N-ethyl adjacent to an activating group) is 1. The third-order valence-corrected chi connectivity index (χ3v) is 4.20. The Morgan fingerprint density at radius 1 is 1.40 bits per heavy atom. The molecule has 2 heterocycles. The molecule has 2 rings (SSSR count). The minimum atomic E-state index is 0.495. The molecular weight excluding hydrogens is 256 g/mol. The largest absolute Gasteiger partial charge is 0.377 e. The molecule has 0 aromatic carbocycles. The molecule has 2 saturated heterocycles. The fourth-order valence-electron chi connectivity index (χ4n) is 2.48. The van der Waals surface area contributed by atoms with Gasteiger partial charge in [-0.25, -0.2) is 0 Å². The summed E-state index contributed by atoms with van der Waals surface area (Å²) in [5, 5.41) is 1.07. The zero-order valence-corrected chi connectivity index (χ0v) is 11.1. The maximum Gasteiger partial charge on any atom is 0.0702 e. The van der Waals surface area contributed by atoms with E-state index in [1.165, 1.54) is 32.5 Å². The molecule has 15 heavy (non-hydrogen) atoms. The molecule has 0 amide bonds. The van der Waals surface area contributed by atoms with Gasteiger partial charge in [0.25, 0.3) is 0 Å². The molecule has 0 bridgehead atoms. The summed E-state index contributed by atoms with van der Waals surface area (Å²) >= 11 is 3.62. The molecule has 2 aliphatic heterocycles. The molecule has 0 aliphatic carbocycles. The Balaban J connectivity index is 1.83. The van der Waals surface area contributed by atoms with Crippen LogP contribution in [0.2, 0.25) is 0 Å². The van der Waals surface area contributed by atoms with E-state index in [9.17, 15) is 0 Å². The van der Waals surface area contributed by atoms with Crippen LogP contribution in [0.25, 0.3) is 0 Å². The van der Waals surface area contributed by atoms with Gasteiger partial charge in [-0.2, -0.15) is 0 Å². The van der Waals surface area contributed by atoms with E-state index in [0.29, 0.717) is 12.1 Å². The van der Waals surface area contributed by atoms with Gasteiger partial charge in [-0.3, -0.25) is 4.90 Å². The lowest BCUT2D eigenvalue weighted by molar-refractivity contribution is 0.0330. The van der Waals surface area contributed by atoms with E-state index in [4.69, 9.17) is 4.74 Å². The second kappa shape index (κ2) is 5.62. The van der Waals surface area contributed by atoms with Crippen LogP contribution in [0.5, 0.6) is 0 Å². The summed E-state index contributed by atoms with van der Waals surface area (Å²) in [6.45, 7) is 5.66. The molecule has 2 aliphatic rings. The van der Waals surface area contributed by atoms with Crippen molar-refractivity contribution in [3.8, 4) is 0 Å². The van der Waals surface area contributed by atoms with Gasteiger partial charge in [0.2, 0.25) is 0 Å². The van der Waals surface area contributed by atoms with Gasteiger partial charge in [-0.05, 0) is 19.9 Å². The maximum atomic E-state index is 5.70. The highest BCUT2D eigenvalue weighted by Crippen LogP contribution is 2.17. The Morgan fingerprint density at radius 3 is 2.93 bits per heavy atom. The molecular formula is C11H21BrN2O. The number of nitrogens with zero attached hydrogens (tertiary/aromatic N) is 2. The van der Waals surface area contributed by atoms with Gasteiger partial charge in [0.05, 0.1) is 6.10 Å². The topological polar surface area (TPSA) is 15.7 Å². The van der Waals surface area contributed by atoms with Crippen LogP contribution in [-0.2, 0) is 4.74 Å². The van der Waals surface area contributed by atoms with Crippen molar-refractivity contribution in [2.75, 3.05) is 45.2 Å². The summed E-state index contributed by atoms with van der Waals surface area (Å²) in [6.07, 6.45) is 2.99. The van der Waals surface area contributed by atoms with Gasteiger partial charge in [-0.15, -0.1) is 0 Å². The smallest absolute Gasteiger partial charge is 0.0702 e. The summed E-state index contributed by atoms with van der Waals surface area (Å²) in [5.41, 5.74) is 0. The van der Waals surface area contributed by atoms with Crippen LogP contribution in [0, 0.1) is 0 Å². The van der Waals surface area contributed by atoms with Crippen molar-refractivity contribution in [3.05, 3.63) is 0 Å². The van der Waals surface area contributed by atoms with Crippen LogP contribution in [0.1, 0.15) is 12.8 Å². The predicted molar refractivity (Wildman–Crippen MR) is 65.6 cm³/mol. The number of ether oxygens (including phenoxy) is 1. The average molecular weight is 277 g/mol. The molecule has 0 aromatic heterocycles. The number of hydrogen-bond donors (Lipinski definition) is 0. The minimum absolute atomic E-state index is 0.495. The maximum absolute atomic E-state index is 5.70. The fraction of sp³-hybridized carbons (Fsp3) is 1.00. The first kappa shape index (κ1) is 11.8. The van der Waals surface area contributed by atoms with Crippen LogP contribution in [0.3, 0.4) is 0 Å². The Kier molecular flexibility index (Phi) is 4.43. The second-order valence-electron chi connectivity index (χ2n) is 4.70. The van der Waals surface area contributed by atoms with Crippen LogP contribution in [0.4, 0.5) is 0 Å². The average Bonchev–Trinajstić information content (AvgIpc) is 2.73. The van der Waals surface area contributed by atoms with E-state index in [-0.39, 0.29) is 0 Å². The highest BCUT2D eigenvalue weighted by atomic mass is 79.9. The van der Waals surface area contributed by atoms with Crippen molar-refractivity contribution < 1.29 is 4.74 Å². The molecule has 0 N–H and O–H groups in total. The first-order valence-corrected chi connectivity index (χ1v) is 7.02. The number of halogens is 1. The third-order valence-electron chi connectivity index (χ3n) is 3.45. The number of alkyl halides is 1. The Hall–Kier alpha value is 0.360. The normalized spacial score (nSPS) is 34.8. The molecule has 3 nitrogen and oxygen atoms in total. The van der Waals surface area contributed by atoms with Gasteiger partial charge in [-0.1, -0.05) is 15.9 Å². The van der Waals surface area contributed by atoms with E-state index in [0.717, 1.165) is 18.5 Å². The SMILES string of the molecule is CN1CCN(CC2CCCO2)C(CBr)C1. The molecule has 88 valence electrons. The monoisotopic (exact) mass is 276 g/mol. The van der Waals surface area contributed by atoms with Crippen molar-refractivity contribution in [1.29, 1.82) is 0 Å². The van der Waals surface area contributed by atoms with Gasteiger partial charge in [0.1, 0.15) is 0 Å². The highest BCUT2D eigenvalue weighted by Gasteiger charge is 2.27. The molecule has 0 saturated carbocycles. The van der Waals surface area contributed by atoms with Crippen LogP contribution >= 0.6 is 15.9 Å². The first-order chi connectivity index (χ1) is 7.29. The molecule has 2 fully saturated rings. The van der Waals surface area contributed by atoms with Gasteiger partial charge in [0.15, 0.2) is 0 Å². The third kappa shape index (κ3) is 3.16. The molecule has 2 unspecified atom stereocenters. The lowest BCUT2D eigenvalue weighted by Gasteiger charge is -2.40. The molecule has 0 radical (unpaired) electrons. The standard InChI is InChI=1S/C11H21BrN2O/c1-13-4-5-14(10(7-12)8-13)9-11-3-2-6-15-11/h10-11H,2-9H2,1H3. The molecule has 2 atom stereocenters. The lowest BCUT2D eigenvalue weighted by Crippen LogP contribution is -2.54. The van der Waals surface area contributed by atoms with E-state index in [2.05, 4.69) is 32.8 Å². The van der Waals surface area contributed by atoms with Crippen molar-refractivity contribution in [2.24, 2.45) is 0 Å². The molecule has 0 spiro atoms. The van der Waals surface area contributed by atoms with Gasteiger partial charge < -0.3 is 9.64 Å². The Labute approximate surface area is 101 Å². The summed E-state index contributed by atoms with van der Waals surface area (Å²) in [5.74, 6) is 0. The summed E-state index contributed by atoms with van der Waals surface area (Å²) < 4.78 is 5.70. The number of hydrogen-bond acceptors (Lipinski definition) is 3. The van der Waals surface area contributed by atoms with E-state index < -0.39 is 0 Å². The highest BCUT2D eigenvalue weighted by molar-refractivity contribution is 9.09. The van der Waals surface area contributed by atoms with E-state index in [1.54, 1.807) is 0 Å². The summed E-state index contributed by atoms with van der Waals surface area (Å²) in [7, 11) is 2.21. The fourth-order valence-corrected chi connectivity index (χ4v) is 3.10. The van der Waals surface area contributed by atoms with Crippen molar-refractivity contribution in [3.63, 3.8) is 0 Å². The van der Waals surface area contributed by atoms with Crippen molar-refractivity contribution in [1.82, 2.24) is 9.80 Å². The minimum Gasteiger partial charge on any atom is -0.377 e. The number of piperazine rings is 1. The van der Waals surface area contributed by atoms with Crippen LogP contribution < -0.4 is 0 Å². The Morgan fingerprint density at radius 2 is 2.27 bits per heavy atom. The zero-order chi connectivity index (χ0) is 10.7. The zero-order valence-electron chi connectivity index (χ0n) is 9.49. The van der Waals surface area contributed by atoms with Gasteiger partial charge in [0, 0.05) is 44.2 Å². The molecule has 0 aromatic rings. The summed E-state index contributed by atoms with van der Waals surface area (Å²) in [6, 6.07) is 0.660. The van der Waals surface area contributed by atoms with E-state index >= 15 is 0 Å². The second-order valence-corrected chi connectivity index (χ2v) is 5.35. The van der Waals surface area contributed by atoms with E-state index in [1.807, 2.05) is 0 Å². The Bertz CT molecular complexity index is 197. The van der Waals surface area contributed by atoms with Crippen molar-refractivity contribution in [2.45, 2.75) is 25.0 Å². The predicted octanol–water partition coefficient (Wildman–Crippen LogP) is 1.18. The van der Waals surface area contributed by atoms with Crippen LogP contribution in [0.15, 0.2) is 0 Å². The first-order valence-electron chi connectivity index (χ1n) is 5.89. The number of rotatable bonds is 3. The quantitative estimate of drug-likeness (QED) is 0.720. The summed E-state index contributed by atoms with van der Waals surface area (Å²) in [4.78, 5) is 5.00. The molecule has 4 heteroatoms. The lowest BCUT2D eigenvalue weighted by atomic mass is 10.1. The van der Waals surface area contributed by atoms with Crippen molar-refractivity contribution >= 4 is 15.9 Å². The van der Waals surface area contributed by atoms with Gasteiger partial charge >= 0.3 is 0 Å².